The minimum atomic E-state index is -1.00. The Bertz CT molecular complexity index is 1230. The highest BCUT2D eigenvalue weighted by atomic mass is 35.5. The van der Waals surface area contributed by atoms with Crippen molar-refractivity contribution in [2.45, 2.75) is 12.0 Å². The lowest BCUT2D eigenvalue weighted by atomic mass is 9.85. The molecule has 3 N–H and O–H groups in total. The predicted octanol–water partition coefficient (Wildman–Crippen LogP) is 5.98. The third-order valence-corrected chi connectivity index (χ3v) is 5.59. The van der Waals surface area contributed by atoms with Crippen molar-refractivity contribution in [2.75, 3.05) is 12.4 Å². The van der Waals surface area contributed by atoms with Crippen molar-refractivity contribution in [2.24, 2.45) is 5.73 Å². The van der Waals surface area contributed by atoms with Gasteiger partial charge in [-0.1, -0.05) is 36.4 Å². The zero-order valence-electron chi connectivity index (χ0n) is 19.2. The second kappa shape index (κ2) is 13.0. The van der Waals surface area contributed by atoms with Crippen molar-refractivity contribution in [3.05, 3.63) is 114 Å². The van der Waals surface area contributed by atoms with Crippen molar-refractivity contribution in [1.82, 2.24) is 4.98 Å². The second-order valence-electron chi connectivity index (χ2n) is 7.75. The van der Waals surface area contributed by atoms with Crippen LogP contribution in [0.1, 0.15) is 17.0 Å². The largest absolute Gasteiger partial charge is 0.494 e. The average Bonchev–Trinajstić information content (AvgIpc) is 2.87. The van der Waals surface area contributed by atoms with Gasteiger partial charge < -0.3 is 15.8 Å². The van der Waals surface area contributed by atoms with Gasteiger partial charge in [-0.3, -0.25) is 9.78 Å². The summed E-state index contributed by atoms with van der Waals surface area (Å²) in [6.45, 7) is 0. The molecule has 9 heteroatoms. The number of nitrogens with zero attached hydrogens (tertiary/aromatic N) is 1. The summed E-state index contributed by atoms with van der Waals surface area (Å²) in [5.74, 6) is -1.17. The number of aromatic nitrogens is 1. The summed E-state index contributed by atoms with van der Waals surface area (Å²) in [7, 11) is 1.58. The van der Waals surface area contributed by atoms with Crippen LogP contribution in [0.15, 0.2) is 91.3 Å². The number of hydrogen-bond donors (Lipinski definition) is 2. The number of nitrogens with two attached hydrogens (primary N) is 1. The Balaban J connectivity index is 0.00000228. The summed E-state index contributed by atoms with van der Waals surface area (Å²) in [4.78, 5) is 17.1. The first kappa shape index (κ1) is 28.7. The topological polar surface area (TPSA) is 77.2 Å². The van der Waals surface area contributed by atoms with Gasteiger partial charge in [-0.15, -0.1) is 24.8 Å². The summed E-state index contributed by atoms with van der Waals surface area (Å²) in [5.41, 5.74) is 10.0. The number of nitrogens with one attached hydrogen (secondary N) is 1. The Hall–Kier alpha value is -3.52. The summed E-state index contributed by atoms with van der Waals surface area (Å²) < 4.78 is 32.3. The van der Waals surface area contributed by atoms with Gasteiger partial charge in [-0.2, -0.15) is 0 Å². The van der Waals surface area contributed by atoms with Crippen LogP contribution in [0.5, 0.6) is 5.75 Å². The molecular formula is C27H25Cl2F2N3O2. The van der Waals surface area contributed by atoms with E-state index >= 15 is 0 Å². The van der Waals surface area contributed by atoms with Gasteiger partial charge in [0.25, 0.3) is 0 Å². The molecule has 5 nitrogen and oxygen atoms in total. The van der Waals surface area contributed by atoms with Crippen LogP contribution in [0.25, 0.3) is 11.1 Å². The Labute approximate surface area is 220 Å². The summed E-state index contributed by atoms with van der Waals surface area (Å²) in [5, 5.41) is 2.84. The molecule has 0 aliphatic rings. The maximum Gasteiger partial charge on any atom is 0.242 e. The molecule has 0 unspecified atom stereocenters. The number of benzene rings is 3. The normalized spacial score (nSPS) is 11.1. The molecule has 4 aromatic rings. The molecule has 4 rings (SSSR count). The molecule has 1 amide bonds. The molecule has 1 heterocycles. The molecule has 188 valence electrons. The van der Waals surface area contributed by atoms with E-state index in [1.165, 1.54) is 24.3 Å². The monoisotopic (exact) mass is 531 g/mol. The molecule has 0 saturated heterocycles. The van der Waals surface area contributed by atoms with Crippen LogP contribution in [-0.2, 0) is 4.79 Å². The van der Waals surface area contributed by atoms with Gasteiger partial charge in [-0.25, -0.2) is 8.78 Å². The number of carbonyl (C=O) groups is 1. The number of halogens is 4. The van der Waals surface area contributed by atoms with E-state index in [0.29, 0.717) is 22.6 Å². The summed E-state index contributed by atoms with van der Waals surface area (Å²) in [6.07, 6.45) is 3.31. The lowest BCUT2D eigenvalue weighted by Crippen LogP contribution is -2.41. The molecule has 1 atom stereocenters. The van der Waals surface area contributed by atoms with Crippen LogP contribution in [-0.4, -0.2) is 24.0 Å². The zero-order valence-corrected chi connectivity index (χ0v) is 20.9. The Kier molecular flexibility index (Phi) is 10.3. The molecule has 1 aromatic heterocycles. The van der Waals surface area contributed by atoms with Gasteiger partial charge in [0.1, 0.15) is 17.4 Å². The number of ether oxygens (including phenoxy) is 1. The van der Waals surface area contributed by atoms with E-state index < -0.39 is 29.5 Å². The van der Waals surface area contributed by atoms with E-state index in [1.807, 2.05) is 18.2 Å². The summed E-state index contributed by atoms with van der Waals surface area (Å²) in [6, 6.07) is 19.6. The lowest BCUT2D eigenvalue weighted by Gasteiger charge is -2.24. The standard InChI is InChI=1S/C27H23F2N3O2.2ClH/c1-34-24-16-31-15-14-23(24)17-6-12-22(13-7-17)32-27(33)26(30)25(18-2-8-20(28)9-3-18)19-4-10-21(29)11-5-19;;/h2-16,25-26H,30H2,1H3,(H,32,33);2*1H/t26-;;/m0../s1. The fourth-order valence-corrected chi connectivity index (χ4v) is 3.84. The van der Waals surface area contributed by atoms with Gasteiger partial charge >= 0.3 is 0 Å². The number of carbonyl (C=O) groups excluding carboxylic acids is 1. The molecule has 0 bridgehead atoms. The van der Waals surface area contributed by atoms with E-state index in [1.54, 1.807) is 55.9 Å². The minimum absolute atomic E-state index is 0. The first-order chi connectivity index (χ1) is 16.5. The number of methoxy groups -OCH3 is 1. The summed E-state index contributed by atoms with van der Waals surface area (Å²) >= 11 is 0. The number of rotatable bonds is 7. The van der Waals surface area contributed by atoms with Gasteiger partial charge in [0, 0.05) is 23.4 Å². The highest BCUT2D eigenvalue weighted by Crippen LogP contribution is 2.31. The van der Waals surface area contributed by atoms with E-state index in [4.69, 9.17) is 10.5 Å². The Morgan fingerprint density at radius 2 is 1.39 bits per heavy atom. The number of amides is 1. The Morgan fingerprint density at radius 3 is 1.89 bits per heavy atom. The molecule has 0 saturated carbocycles. The fraction of sp³-hybridized carbons (Fsp3) is 0.111. The van der Waals surface area contributed by atoms with E-state index in [0.717, 1.165) is 11.1 Å². The van der Waals surface area contributed by atoms with Crippen LogP contribution in [0.2, 0.25) is 0 Å². The van der Waals surface area contributed by atoms with Gasteiger partial charge in [0.05, 0.1) is 19.3 Å². The van der Waals surface area contributed by atoms with E-state index in [2.05, 4.69) is 10.3 Å². The van der Waals surface area contributed by atoms with Gasteiger partial charge in [0.2, 0.25) is 5.91 Å². The van der Waals surface area contributed by atoms with Crippen LogP contribution in [0.4, 0.5) is 14.5 Å². The third kappa shape index (κ3) is 6.57. The molecule has 3 aromatic carbocycles. The van der Waals surface area contributed by atoms with Crippen LogP contribution in [0, 0.1) is 11.6 Å². The molecular weight excluding hydrogens is 507 g/mol. The van der Waals surface area contributed by atoms with Gasteiger partial charge in [-0.05, 0) is 59.2 Å². The molecule has 36 heavy (non-hydrogen) atoms. The predicted molar refractivity (Wildman–Crippen MR) is 142 cm³/mol. The molecule has 0 radical (unpaired) electrons. The number of anilines is 1. The van der Waals surface area contributed by atoms with Crippen molar-refractivity contribution >= 4 is 36.4 Å². The third-order valence-electron chi connectivity index (χ3n) is 5.59. The molecule has 0 fully saturated rings. The van der Waals surface area contributed by atoms with Crippen LogP contribution in [0.3, 0.4) is 0 Å². The number of hydrogen-bond acceptors (Lipinski definition) is 4. The minimum Gasteiger partial charge on any atom is -0.494 e. The first-order valence-electron chi connectivity index (χ1n) is 10.6. The zero-order chi connectivity index (χ0) is 24.1. The number of pyridine rings is 1. The fourth-order valence-electron chi connectivity index (χ4n) is 3.84. The van der Waals surface area contributed by atoms with Crippen molar-refractivity contribution in [1.29, 1.82) is 0 Å². The highest BCUT2D eigenvalue weighted by Gasteiger charge is 2.28. The Morgan fingerprint density at radius 1 is 0.861 bits per heavy atom. The molecule has 0 spiro atoms. The highest BCUT2D eigenvalue weighted by molar-refractivity contribution is 5.96. The quantitative estimate of drug-likeness (QED) is 0.307. The van der Waals surface area contributed by atoms with Crippen molar-refractivity contribution in [3.8, 4) is 16.9 Å². The second-order valence-corrected chi connectivity index (χ2v) is 7.75. The smallest absolute Gasteiger partial charge is 0.242 e. The van der Waals surface area contributed by atoms with Gasteiger partial charge in [0.15, 0.2) is 0 Å². The van der Waals surface area contributed by atoms with Crippen molar-refractivity contribution in [3.63, 3.8) is 0 Å². The van der Waals surface area contributed by atoms with Crippen molar-refractivity contribution < 1.29 is 18.3 Å². The lowest BCUT2D eigenvalue weighted by molar-refractivity contribution is -0.117. The van der Waals surface area contributed by atoms with E-state index in [-0.39, 0.29) is 24.8 Å². The maximum atomic E-state index is 13.5. The van der Waals surface area contributed by atoms with Crippen LogP contribution < -0.4 is 15.8 Å². The average molecular weight is 532 g/mol. The van der Waals surface area contributed by atoms with E-state index in [9.17, 15) is 13.6 Å². The maximum absolute atomic E-state index is 13.5. The first-order valence-corrected chi connectivity index (χ1v) is 10.6. The SMILES string of the molecule is COc1cnccc1-c1ccc(NC(=O)[C@@H](N)C(c2ccc(F)cc2)c2ccc(F)cc2)cc1.Cl.Cl. The molecule has 0 aliphatic heterocycles. The molecule has 0 aliphatic carbocycles. The van der Waals surface area contributed by atoms with Crippen LogP contribution >= 0.6 is 24.8 Å².